The number of hydrogen-bond acceptors (Lipinski definition) is 1. The van der Waals surface area contributed by atoms with Crippen LogP contribution >= 0.6 is 22.6 Å². The van der Waals surface area contributed by atoms with Gasteiger partial charge in [-0.1, -0.05) is 78.6 Å². The van der Waals surface area contributed by atoms with Crippen LogP contribution in [0.2, 0.25) is 0 Å². The van der Waals surface area contributed by atoms with Gasteiger partial charge in [0.15, 0.2) is 0 Å². The van der Waals surface area contributed by atoms with Crippen molar-refractivity contribution in [3.05, 3.63) is 42.5 Å². The maximum atomic E-state index is 5.84. The summed E-state index contributed by atoms with van der Waals surface area (Å²) in [6, 6.07) is 14.8. The van der Waals surface area contributed by atoms with E-state index in [1.807, 2.05) is 0 Å². The number of fused-ring (bicyclic) bond motifs is 1. The predicted molar refractivity (Wildman–Crippen MR) is 96.0 cm³/mol. The molecule has 0 aromatic heterocycles. The third-order valence-electron chi connectivity index (χ3n) is 3.52. The van der Waals surface area contributed by atoms with Crippen LogP contribution in [0.3, 0.4) is 0 Å². The molecule has 0 atom stereocenters. The van der Waals surface area contributed by atoms with Crippen LogP contribution in [0, 0.1) is 0 Å². The van der Waals surface area contributed by atoms with Gasteiger partial charge >= 0.3 is 0 Å². The second-order valence-electron chi connectivity index (χ2n) is 5.17. The highest BCUT2D eigenvalue weighted by atomic mass is 127. The van der Waals surface area contributed by atoms with Crippen molar-refractivity contribution in [2.75, 3.05) is 11.0 Å². The highest BCUT2D eigenvalue weighted by molar-refractivity contribution is 14.1. The zero-order chi connectivity index (χ0) is 14.0. The number of halogens is 1. The van der Waals surface area contributed by atoms with Gasteiger partial charge in [-0.2, -0.15) is 0 Å². The van der Waals surface area contributed by atoms with Crippen LogP contribution in [0.25, 0.3) is 10.8 Å². The molecule has 2 rings (SSSR count). The molecule has 0 aliphatic heterocycles. The lowest BCUT2D eigenvalue weighted by Crippen LogP contribution is -1.97. The van der Waals surface area contributed by atoms with Crippen LogP contribution in [0.4, 0.5) is 0 Å². The monoisotopic (exact) mass is 382 g/mol. The number of benzene rings is 2. The Bertz CT molecular complexity index is 509. The standard InChI is InChI=1S/C18H23IO/c19-13-7-3-1-2-4-8-14-20-18-12-11-16-9-5-6-10-17(16)15-18/h5-6,9-12,15H,1-4,7-8,13-14H2. The first-order chi connectivity index (χ1) is 9.90. The Kier molecular flexibility index (Phi) is 7.20. The Morgan fingerprint density at radius 2 is 1.45 bits per heavy atom. The van der Waals surface area contributed by atoms with E-state index in [-0.39, 0.29) is 0 Å². The lowest BCUT2D eigenvalue weighted by molar-refractivity contribution is 0.305. The summed E-state index contributed by atoms with van der Waals surface area (Å²) >= 11 is 2.45. The maximum absolute atomic E-state index is 5.84. The van der Waals surface area contributed by atoms with E-state index in [1.54, 1.807) is 0 Å². The first kappa shape index (κ1) is 15.6. The number of unbranched alkanes of at least 4 members (excludes halogenated alkanes) is 5. The van der Waals surface area contributed by atoms with Gasteiger partial charge in [0.25, 0.3) is 0 Å². The van der Waals surface area contributed by atoms with E-state index >= 15 is 0 Å². The fraction of sp³-hybridized carbons (Fsp3) is 0.444. The summed E-state index contributed by atoms with van der Waals surface area (Å²) in [5.74, 6) is 0.994. The Labute approximate surface area is 135 Å². The number of rotatable bonds is 9. The number of ether oxygens (including phenoxy) is 1. The zero-order valence-electron chi connectivity index (χ0n) is 12.0. The zero-order valence-corrected chi connectivity index (χ0v) is 14.1. The molecule has 0 heterocycles. The SMILES string of the molecule is ICCCCCCCCOc1ccc2ccccc2c1. The largest absolute Gasteiger partial charge is 0.494 e. The minimum absolute atomic E-state index is 0.838. The van der Waals surface area contributed by atoms with E-state index in [0.717, 1.165) is 18.8 Å². The second-order valence-corrected chi connectivity index (χ2v) is 6.25. The van der Waals surface area contributed by atoms with Crippen molar-refractivity contribution in [3.63, 3.8) is 0 Å². The van der Waals surface area contributed by atoms with E-state index < -0.39 is 0 Å². The molecule has 0 saturated carbocycles. The number of hydrogen-bond donors (Lipinski definition) is 0. The normalized spacial score (nSPS) is 10.8. The van der Waals surface area contributed by atoms with E-state index in [9.17, 15) is 0 Å². The van der Waals surface area contributed by atoms with Crippen LogP contribution in [0.15, 0.2) is 42.5 Å². The third-order valence-corrected chi connectivity index (χ3v) is 4.28. The summed E-state index contributed by atoms with van der Waals surface area (Å²) < 4.78 is 7.14. The van der Waals surface area contributed by atoms with Crippen LogP contribution < -0.4 is 4.74 Å². The summed E-state index contributed by atoms with van der Waals surface area (Å²) in [6.45, 7) is 0.838. The van der Waals surface area contributed by atoms with Gasteiger partial charge < -0.3 is 4.74 Å². The molecule has 0 radical (unpaired) electrons. The van der Waals surface area contributed by atoms with Crippen molar-refractivity contribution in [1.82, 2.24) is 0 Å². The van der Waals surface area contributed by atoms with Crippen LogP contribution in [0.5, 0.6) is 5.75 Å². The smallest absolute Gasteiger partial charge is 0.119 e. The first-order valence-electron chi connectivity index (χ1n) is 7.58. The van der Waals surface area contributed by atoms with Gasteiger partial charge in [-0.25, -0.2) is 0 Å². The molecule has 0 amide bonds. The van der Waals surface area contributed by atoms with Crippen molar-refractivity contribution >= 4 is 33.4 Å². The Hall–Kier alpha value is -0.770. The van der Waals surface area contributed by atoms with E-state index in [0.29, 0.717) is 0 Å². The molecular formula is C18H23IO. The minimum atomic E-state index is 0.838. The van der Waals surface area contributed by atoms with E-state index in [4.69, 9.17) is 4.74 Å². The molecule has 0 saturated heterocycles. The van der Waals surface area contributed by atoms with Gasteiger partial charge in [-0.3, -0.25) is 0 Å². The molecule has 0 spiro atoms. The van der Waals surface area contributed by atoms with Crippen LogP contribution in [-0.4, -0.2) is 11.0 Å². The van der Waals surface area contributed by atoms with Gasteiger partial charge in [-0.05, 0) is 40.2 Å². The maximum Gasteiger partial charge on any atom is 0.119 e. The van der Waals surface area contributed by atoms with Crippen LogP contribution in [0.1, 0.15) is 38.5 Å². The lowest BCUT2D eigenvalue weighted by atomic mass is 10.1. The van der Waals surface area contributed by atoms with Gasteiger partial charge in [0.05, 0.1) is 6.61 Å². The molecular weight excluding hydrogens is 359 g/mol. The Morgan fingerprint density at radius 1 is 0.750 bits per heavy atom. The summed E-state index contributed by atoms with van der Waals surface area (Å²) in [7, 11) is 0. The topological polar surface area (TPSA) is 9.23 Å². The van der Waals surface area contributed by atoms with E-state index in [2.05, 4.69) is 65.1 Å². The molecule has 0 aliphatic rings. The predicted octanol–water partition coefficient (Wildman–Crippen LogP) is 5.99. The van der Waals surface area contributed by atoms with Crippen LogP contribution in [-0.2, 0) is 0 Å². The molecule has 0 bridgehead atoms. The molecule has 2 aromatic carbocycles. The molecule has 0 unspecified atom stereocenters. The Morgan fingerprint density at radius 3 is 2.25 bits per heavy atom. The summed E-state index contributed by atoms with van der Waals surface area (Å²) in [5, 5.41) is 2.53. The van der Waals surface area contributed by atoms with Gasteiger partial charge in [-0.15, -0.1) is 0 Å². The van der Waals surface area contributed by atoms with Gasteiger partial charge in [0.2, 0.25) is 0 Å². The third kappa shape index (κ3) is 5.31. The minimum Gasteiger partial charge on any atom is -0.494 e. The lowest BCUT2D eigenvalue weighted by Gasteiger charge is -2.07. The van der Waals surface area contributed by atoms with Crippen molar-refractivity contribution in [3.8, 4) is 5.75 Å². The fourth-order valence-corrected chi connectivity index (χ4v) is 2.89. The van der Waals surface area contributed by atoms with Gasteiger partial charge in [0.1, 0.15) is 5.75 Å². The molecule has 0 N–H and O–H groups in total. The highest BCUT2D eigenvalue weighted by Gasteiger charge is 1.97. The molecule has 2 aromatic rings. The molecule has 0 aliphatic carbocycles. The first-order valence-corrected chi connectivity index (χ1v) is 9.10. The average molecular weight is 382 g/mol. The average Bonchev–Trinajstić information content (AvgIpc) is 2.50. The molecule has 20 heavy (non-hydrogen) atoms. The fourth-order valence-electron chi connectivity index (χ4n) is 2.35. The second kappa shape index (κ2) is 9.22. The van der Waals surface area contributed by atoms with Crippen molar-refractivity contribution in [1.29, 1.82) is 0 Å². The van der Waals surface area contributed by atoms with Crippen molar-refractivity contribution in [2.24, 2.45) is 0 Å². The Balaban J connectivity index is 1.65. The summed E-state index contributed by atoms with van der Waals surface area (Å²) in [4.78, 5) is 0. The van der Waals surface area contributed by atoms with Crippen molar-refractivity contribution < 1.29 is 4.74 Å². The van der Waals surface area contributed by atoms with Gasteiger partial charge in [0, 0.05) is 0 Å². The molecule has 0 fully saturated rings. The van der Waals surface area contributed by atoms with Crippen molar-refractivity contribution in [2.45, 2.75) is 38.5 Å². The quantitative estimate of drug-likeness (QED) is 0.294. The van der Waals surface area contributed by atoms with E-state index in [1.165, 1.54) is 47.3 Å². The highest BCUT2D eigenvalue weighted by Crippen LogP contribution is 2.20. The molecule has 1 nitrogen and oxygen atoms in total. The summed E-state index contributed by atoms with van der Waals surface area (Å²) in [6.07, 6.45) is 7.92. The molecule has 108 valence electrons. The summed E-state index contributed by atoms with van der Waals surface area (Å²) in [5.41, 5.74) is 0. The number of alkyl halides is 1. The molecule has 2 heteroatoms.